The predicted molar refractivity (Wildman–Crippen MR) is 63.4 cm³/mol. The Morgan fingerprint density at radius 3 is 2.22 bits per heavy atom. The molecule has 2 heterocycles. The van der Waals surface area contributed by atoms with Gasteiger partial charge in [0.2, 0.25) is 5.13 Å². The van der Waals surface area contributed by atoms with E-state index in [1.165, 1.54) is 0 Å². The molecule has 18 heavy (non-hydrogen) atoms. The monoisotopic (exact) mass is 261 g/mol. The summed E-state index contributed by atoms with van der Waals surface area (Å²) in [5.74, 6) is -0.813. The molecular formula is C11H7N3O3S. The molecule has 0 unspecified atom stereocenters. The van der Waals surface area contributed by atoms with Gasteiger partial charge in [-0.25, -0.2) is 4.90 Å². The first kappa shape index (κ1) is 11.0. The maximum absolute atomic E-state index is 12.1. The zero-order valence-electron chi connectivity index (χ0n) is 9.03. The minimum atomic E-state index is -0.406. The summed E-state index contributed by atoms with van der Waals surface area (Å²) in [6.45, 7) is -0.263. The maximum Gasteiger partial charge on any atom is 0.268 e. The smallest absolute Gasteiger partial charge is 0.268 e. The highest BCUT2D eigenvalue weighted by Gasteiger charge is 2.38. The molecule has 0 saturated carbocycles. The molecule has 1 aliphatic heterocycles. The van der Waals surface area contributed by atoms with E-state index in [0.717, 1.165) is 16.2 Å². The van der Waals surface area contributed by atoms with Gasteiger partial charge in [-0.2, -0.15) is 0 Å². The van der Waals surface area contributed by atoms with Gasteiger partial charge in [0, 0.05) is 0 Å². The summed E-state index contributed by atoms with van der Waals surface area (Å²) in [6.07, 6.45) is 0. The zero-order chi connectivity index (χ0) is 12.7. The van der Waals surface area contributed by atoms with Gasteiger partial charge in [-0.3, -0.25) is 9.59 Å². The molecule has 6 nitrogen and oxygen atoms in total. The van der Waals surface area contributed by atoms with Crippen LogP contribution in [0.2, 0.25) is 0 Å². The van der Waals surface area contributed by atoms with Crippen LogP contribution in [0.1, 0.15) is 25.7 Å². The van der Waals surface area contributed by atoms with Crippen molar-refractivity contribution in [3.05, 3.63) is 40.4 Å². The summed E-state index contributed by atoms with van der Waals surface area (Å²) in [5.41, 5.74) is 0.728. The average molecular weight is 261 g/mol. The molecule has 90 valence electrons. The van der Waals surface area contributed by atoms with Crippen LogP contribution in [0.4, 0.5) is 5.13 Å². The molecule has 0 spiro atoms. The number of aliphatic hydroxyl groups excluding tert-OH is 1. The Kier molecular flexibility index (Phi) is 2.42. The summed E-state index contributed by atoms with van der Waals surface area (Å²) in [7, 11) is 0. The molecule has 1 aliphatic rings. The maximum atomic E-state index is 12.1. The van der Waals surface area contributed by atoms with Gasteiger partial charge >= 0.3 is 0 Å². The summed E-state index contributed by atoms with van der Waals surface area (Å²) in [5, 5.41) is 16.9. The van der Waals surface area contributed by atoms with Crippen molar-refractivity contribution in [2.24, 2.45) is 0 Å². The number of hydrogen-bond acceptors (Lipinski definition) is 6. The van der Waals surface area contributed by atoms with Crippen molar-refractivity contribution < 1.29 is 14.7 Å². The third kappa shape index (κ3) is 1.45. The van der Waals surface area contributed by atoms with Crippen LogP contribution in [-0.2, 0) is 6.61 Å². The third-order valence-electron chi connectivity index (χ3n) is 2.58. The van der Waals surface area contributed by atoms with E-state index < -0.39 is 11.8 Å². The second-order valence-corrected chi connectivity index (χ2v) is 4.67. The number of hydrogen-bond donors (Lipinski definition) is 1. The lowest BCUT2D eigenvalue weighted by Crippen LogP contribution is -2.29. The standard InChI is InChI=1S/C11H7N3O3S/c15-5-8-12-13-11(18-8)14-9(16)6-3-1-2-4-7(6)10(14)17/h1-4,15H,5H2. The molecule has 0 bridgehead atoms. The molecule has 1 N–H and O–H groups in total. The lowest BCUT2D eigenvalue weighted by Gasteiger charge is -2.07. The molecule has 2 aromatic rings. The van der Waals surface area contributed by atoms with Gasteiger partial charge in [-0.05, 0) is 12.1 Å². The van der Waals surface area contributed by atoms with E-state index in [9.17, 15) is 9.59 Å². The first-order valence-electron chi connectivity index (χ1n) is 5.13. The van der Waals surface area contributed by atoms with Crippen molar-refractivity contribution in [2.45, 2.75) is 6.61 Å². The second-order valence-electron chi connectivity index (χ2n) is 3.63. The number of imide groups is 1. The van der Waals surface area contributed by atoms with Crippen LogP contribution in [0.5, 0.6) is 0 Å². The van der Waals surface area contributed by atoms with Crippen LogP contribution >= 0.6 is 11.3 Å². The molecule has 0 fully saturated rings. The molecule has 0 radical (unpaired) electrons. The van der Waals surface area contributed by atoms with E-state index in [1.807, 2.05) is 0 Å². The minimum absolute atomic E-state index is 0.185. The first-order valence-corrected chi connectivity index (χ1v) is 5.95. The van der Waals surface area contributed by atoms with E-state index in [0.29, 0.717) is 16.1 Å². The highest BCUT2D eigenvalue weighted by molar-refractivity contribution is 7.15. The Balaban J connectivity index is 2.06. The van der Waals surface area contributed by atoms with E-state index in [2.05, 4.69) is 10.2 Å². The normalized spacial score (nSPS) is 14.2. The Bertz CT molecular complexity index is 617. The quantitative estimate of drug-likeness (QED) is 0.809. The van der Waals surface area contributed by atoms with Crippen LogP contribution in [-0.4, -0.2) is 27.1 Å². The number of carbonyl (C=O) groups excluding carboxylic acids is 2. The van der Waals surface area contributed by atoms with Crippen LogP contribution < -0.4 is 4.90 Å². The average Bonchev–Trinajstić information content (AvgIpc) is 2.95. The zero-order valence-corrected chi connectivity index (χ0v) is 9.85. The Labute approximate surface area is 106 Å². The van der Waals surface area contributed by atoms with Gasteiger partial charge in [0.15, 0.2) is 0 Å². The van der Waals surface area contributed by atoms with Crippen molar-refractivity contribution in [1.82, 2.24) is 10.2 Å². The van der Waals surface area contributed by atoms with Gasteiger partial charge < -0.3 is 5.11 Å². The summed E-state index contributed by atoms with van der Waals surface area (Å²) < 4.78 is 0. The van der Waals surface area contributed by atoms with E-state index in [-0.39, 0.29) is 11.7 Å². The lowest BCUT2D eigenvalue weighted by atomic mass is 10.1. The third-order valence-corrected chi connectivity index (χ3v) is 3.47. The van der Waals surface area contributed by atoms with E-state index >= 15 is 0 Å². The largest absolute Gasteiger partial charge is 0.389 e. The van der Waals surface area contributed by atoms with E-state index in [4.69, 9.17) is 5.11 Å². The molecule has 3 rings (SSSR count). The first-order chi connectivity index (χ1) is 8.72. The molecule has 1 aromatic carbocycles. The van der Waals surface area contributed by atoms with E-state index in [1.54, 1.807) is 24.3 Å². The summed E-state index contributed by atoms with van der Waals surface area (Å²) in [4.78, 5) is 25.2. The Morgan fingerprint density at radius 1 is 1.11 bits per heavy atom. The highest BCUT2D eigenvalue weighted by atomic mass is 32.1. The molecule has 1 aromatic heterocycles. The van der Waals surface area contributed by atoms with Gasteiger partial charge in [0.1, 0.15) is 5.01 Å². The Morgan fingerprint density at radius 2 is 1.72 bits per heavy atom. The van der Waals surface area contributed by atoms with Crippen LogP contribution in [0, 0.1) is 0 Å². The molecule has 0 atom stereocenters. The van der Waals surface area contributed by atoms with Gasteiger partial charge in [-0.15, -0.1) is 10.2 Å². The number of anilines is 1. The number of amides is 2. The summed E-state index contributed by atoms with van der Waals surface area (Å²) in [6, 6.07) is 6.60. The van der Waals surface area contributed by atoms with Gasteiger partial charge in [0.05, 0.1) is 17.7 Å². The van der Waals surface area contributed by atoms with Crippen molar-refractivity contribution >= 4 is 28.3 Å². The second kappa shape index (κ2) is 3.97. The highest BCUT2D eigenvalue weighted by Crippen LogP contribution is 2.30. The number of aromatic nitrogens is 2. The predicted octanol–water partition coefficient (Wildman–Crippen LogP) is 0.831. The topological polar surface area (TPSA) is 83.4 Å². The van der Waals surface area contributed by atoms with Gasteiger partial charge in [0.25, 0.3) is 11.8 Å². The fourth-order valence-corrected chi connectivity index (χ4v) is 2.46. The number of benzene rings is 1. The van der Waals surface area contributed by atoms with Crippen molar-refractivity contribution in [3.8, 4) is 0 Å². The van der Waals surface area contributed by atoms with Crippen LogP contribution in [0.15, 0.2) is 24.3 Å². The minimum Gasteiger partial charge on any atom is -0.389 e. The van der Waals surface area contributed by atoms with Crippen LogP contribution in [0.25, 0.3) is 0 Å². The fraction of sp³-hybridized carbons (Fsp3) is 0.0909. The molecule has 0 aliphatic carbocycles. The van der Waals surface area contributed by atoms with Crippen LogP contribution in [0.3, 0.4) is 0 Å². The number of rotatable bonds is 2. The molecule has 2 amide bonds. The van der Waals surface area contributed by atoms with Crippen molar-refractivity contribution in [3.63, 3.8) is 0 Å². The molecule has 0 saturated heterocycles. The lowest BCUT2D eigenvalue weighted by molar-refractivity contribution is 0.0926. The number of carbonyl (C=O) groups is 2. The summed E-state index contributed by atoms with van der Waals surface area (Å²) >= 11 is 1.02. The number of nitrogens with zero attached hydrogens (tertiary/aromatic N) is 3. The van der Waals surface area contributed by atoms with Gasteiger partial charge in [-0.1, -0.05) is 23.5 Å². The number of fused-ring (bicyclic) bond motifs is 1. The Hall–Kier alpha value is -2.12. The molecule has 7 heteroatoms. The number of aliphatic hydroxyl groups is 1. The van der Waals surface area contributed by atoms with Crippen molar-refractivity contribution in [2.75, 3.05) is 4.90 Å². The fourth-order valence-electron chi connectivity index (χ4n) is 1.76. The van der Waals surface area contributed by atoms with Crippen molar-refractivity contribution in [1.29, 1.82) is 0 Å². The SMILES string of the molecule is O=C1c2ccccc2C(=O)N1c1nnc(CO)s1. The molecular weight excluding hydrogens is 254 g/mol.